The van der Waals surface area contributed by atoms with E-state index >= 15 is 0 Å². The number of halogens is 1. The zero-order valence-corrected chi connectivity index (χ0v) is 18.2. The van der Waals surface area contributed by atoms with Crippen molar-refractivity contribution in [2.45, 2.75) is 90.6 Å². The molecule has 2 heteroatoms. The molecule has 1 nitrogen and oxygen atoms in total. The number of fused-ring (bicyclic) bond motifs is 5. The Morgan fingerprint density at radius 1 is 1.00 bits per heavy atom. The highest BCUT2D eigenvalue weighted by Crippen LogP contribution is 2.65. The van der Waals surface area contributed by atoms with Crippen molar-refractivity contribution < 1.29 is 5.11 Å². The molecule has 0 amide bonds. The average Bonchev–Trinajstić information content (AvgIpc) is 2.98. The largest absolute Gasteiger partial charge is 0.390 e. The van der Waals surface area contributed by atoms with Crippen LogP contribution in [0.5, 0.6) is 0 Å². The van der Waals surface area contributed by atoms with E-state index in [1.54, 1.807) is 0 Å². The molecule has 4 saturated carbocycles. The molecule has 144 valence electrons. The molecule has 4 aliphatic carbocycles. The molecule has 1 N–H and O–H groups in total. The SMILES string of the molecule is CC[C@@]1(O)CC[C@H]2[C@@H](CC[C@@H]3[C@@H]2CC[C@]2(C)C(C(C)CBr)CC[C@@H]32)C1. The Morgan fingerprint density at radius 3 is 2.48 bits per heavy atom. The van der Waals surface area contributed by atoms with E-state index in [-0.39, 0.29) is 5.60 Å². The van der Waals surface area contributed by atoms with Crippen LogP contribution in [0.4, 0.5) is 0 Å². The van der Waals surface area contributed by atoms with Gasteiger partial charge in [-0.3, -0.25) is 0 Å². The van der Waals surface area contributed by atoms with Crippen molar-refractivity contribution in [2.24, 2.45) is 46.8 Å². The second-order valence-corrected chi connectivity index (χ2v) is 11.3. The van der Waals surface area contributed by atoms with E-state index in [9.17, 15) is 5.11 Å². The lowest BCUT2D eigenvalue weighted by Gasteiger charge is -2.57. The summed E-state index contributed by atoms with van der Waals surface area (Å²) in [5.74, 6) is 6.50. The van der Waals surface area contributed by atoms with Gasteiger partial charge in [-0.05, 0) is 111 Å². The lowest BCUT2D eigenvalue weighted by Crippen LogP contribution is -2.51. The first kappa shape index (κ1) is 18.8. The van der Waals surface area contributed by atoms with Crippen LogP contribution >= 0.6 is 15.9 Å². The first-order chi connectivity index (χ1) is 11.9. The average molecular weight is 411 g/mol. The molecule has 9 atom stereocenters. The molecule has 0 aromatic carbocycles. The molecule has 0 radical (unpaired) electrons. The lowest BCUT2D eigenvalue weighted by molar-refractivity contribution is -0.108. The minimum Gasteiger partial charge on any atom is -0.390 e. The number of hydrogen-bond acceptors (Lipinski definition) is 1. The summed E-state index contributed by atoms with van der Waals surface area (Å²) < 4.78 is 0. The Balaban J connectivity index is 1.51. The van der Waals surface area contributed by atoms with Crippen molar-refractivity contribution in [3.63, 3.8) is 0 Å². The van der Waals surface area contributed by atoms with Crippen molar-refractivity contribution in [1.82, 2.24) is 0 Å². The van der Waals surface area contributed by atoms with Gasteiger partial charge in [0.2, 0.25) is 0 Å². The van der Waals surface area contributed by atoms with E-state index in [0.29, 0.717) is 5.41 Å². The van der Waals surface area contributed by atoms with E-state index in [2.05, 4.69) is 36.7 Å². The third-order valence-corrected chi connectivity index (χ3v) is 10.8. The van der Waals surface area contributed by atoms with E-state index in [0.717, 1.165) is 60.7 Å². The number of rotatable bonds is 3. The zero-order chi connectivity index (χ0) is 17.8. The summed E-state index contributed by atoms with van der Waals surface area (Å²) >= 11 is 3.77. The predicted octanol–water partition coefficient (Wildman–Crippen LogP) is 6.43. The quantitative estimate of drug-likeness (QED) is 0.531. The fraction of sp³-hybridized carbons (Fsp3) is 1.00. The molecule has 25 heavy (non-hydrogen) atoms. The minimum absolute atomic E-state index is 0.332. The highest BCUT2D eigenvalue weighted by atomic mass is 79.9. The van der Waals surface area contributed by atoms with Crippen molar-refractivity contribution in [1.29, 1.82) is 0 Å². The number of alkyl halides is 1. The topological polar surface area (TPSA) is 20.2 Å². The molecule has 0 aliphatic heterocycles. The van der Waals surface area contributed by atoms with Crippen LogP contribution in [0.25, 0.3) is 0 Å². The summed E-state index contributed by atoms with van der Waals surface area (Å²) in [5.41, 5.74) is 0.279. The lowest BCUT2D eigenvalue weighted by atomic mass is 9.48. The molecule has 0 heterocycles. The highest BCUT2D eigenvalue weighted by molar-refractivity contribution is 9.09. The molecule has 0 aromatic heterocycles. The van der Waals surface area contributed by atoms with E-state index in [4.69, 9.17) is 0 Å². The van der Waals surface area contributed by atoms with Gasteiger partial charge in [-0.2, -0.15) is 0 Å². The summed E-state index contributed by atoms with van der Waals surface area (Å²) in [4.78, 5) is 0. The van der Waals surface area contributed by atoms with Crippen molar-refractivity contribution in [3.8, 4) is 0 Å². The van der Waals surface area contributed by atoms with E-state index in [1.807, 2.05) is 0 Å². The van der Waals surface area contributed by atoms with Gasteiger partial charge in [0.05, 0.1) is 5.60 Å². The van der Waals surface area contributed by atoms with Gasteiger partial charge in [-0.25, -0.2) is 0 Å². The van der Waals surface area contributed by atoms with Crippen LogP contribution in [0.1, 0.15) is 85.0 Å². The molecule has 2 unspecified atom stereocenters. The van der Waals surface area contributed by atoms with Crippen molar-refractivity contribution >= 4 is 15.9 Å². The maximum absolute atomic E-state index is 10.8. The van der Waals surface area contributed by atoms with Gasteiger partial charge in [0.1, 0.15) is 0 Å². The highest BCUT2D eigenvalue weighted by Gasteiger charge is 2.58. The van der Waals surface area contributed by atoms with E-state index in [1.165, 1.54) is 50.3 Å². The maximum atomic E-state index is 10.8. The fourth-order valence-corrected chi connectivity index (χ4v) is 8.82. The molecule has 0 bridgehead atoms. The summed E-state index contributed by atoms with van der Waals surface area (Å²) in [6.45, 7) is 7.32. The van der Waals surface area contributed by atoms with Crippen LogP contribution in [-0.2, 0) is 0 Å². The van der Waals surface area contributed by atoms with Gasteiger partial charge in [0, 0.05) is 5.33 Å². The molecule has 4 aliphatic rings. The Labute approximate surface area is 163 Å². The zero-order valence-electron chi connectivity index (χ0n) is 16.6. The van der Waals surface area contributed by atoms with Crippen molar-refractivity contribution in [3.05, 3.63) is 0 Å². The van der Waals surface area contributed by atoms with Crippen LogP contribution in [0.15, 0.2) is 0 Å². The Hall–Kier alpha value is 0.440. The van der Waals surface area contributed by atoms with Crippen molar-refractivity contribution in [2.75, 3.05) is 5.33 Å². The van der Waals surface area contributed by atoms with Gasteiger partial charge in [0.15, 0.2) is 0 Å². The van der Waals surface area contributed by atoms with Gasteiger partial charge < -0.3 is 5.11 Å². The number of hydrogen-bond donors (Lipinski definition) is 1. The van der Waals surface area contributed by atoms with Crippen LogP contribution in [0, 0.1) is 46.8 Å². The monoisotopic (exact) mass is 410 g/mol. The summed E-state index contributed by atoms with van der Waals surface area (Å²) in [7, 11) is 0. The molecule has 0 saturated heterocycles. The van der Waals surface area contributed by atoms with Crippen LogP contribution in [0.3, 0.4) is 0 Å². The van der Waals surface area contributed by atoms with Gasteiger partial charge in [-0.1, -0.05) is 36.7 Å². The van der Waals surface area contributed by atoms with Crippen LogP contribution < -0.4 is 0 Å². The number of aliphatic hydroxyl groups is 1. The molecule has 4 fully saturated rings. The van der Waals surface area contributed by atoms with Gasteiger partial charge in [-0.15, -0.1) is 0 Å². The van der Waals surface area contributed by atoms with E-state index < -0.39 is 0 Å². The standard InChI is InChI=1S/C23H39BrO/c1-4-23(25)12-10-17-16(13-23)5-6-19-18(17)9-11-22(3)20(15(2)14-24)7-8-21(19)22/h15-21,25H,4-14H2,1-3H3/t15?,16-,17-,18+,19+,20?,21-,22+,23+/m0/s1. The normalized spacial score (nSPS) is 53.6. The van der Waals surface area contributed by atoms with Gasteiger partial charge >= 0.3 is 0 Å². The van der Waals surface area contributed by atoms with Crippen LogP contribution in [0.2, 0.25) is 0 Å². The molecule has 0 spiro atoms. The smallest absolute Gasteiger partial charge is 0.0648 e. The molecular formula is C23H39BrO. The fourth-order valence-electron chi connectivity index (χ4n) is 8.37. The Bertz CT molecular complexity index is 492. The predicted molar refractivity (Wildman–Crippen MR) is 109 cm³/mol. The Kier molecular flexibility index (Phi) is 5.11. The maximum Gasteiger partial charge on any atom is 0.0648 e. The first-order valence-corrected chi connectivity index (χ1v) is 12.3. The van der Waals surface area contributed by atoms with Crippen LogP contribution in [-0.4, -0.2) is 16.0 Å². The Morgan fingerprint density at radius 2 is 1.76 bits per heavy atom. The molecule has 0 aromatic rings. The van der Waals surface area contributed by atoms with Gasteiger partial charge in [0.25, 0.3) is 0 Å². The summed E-state index contributed by atoms with van der Waals surface area (Å²) in [6, 6.07) is 0. The summed E-state index contributed by atoms with van der Waals surface area (Å²) in [6.07, 6.45) is 13.2. The minimum atomic E-state index is -0.332. The summed E-state index contributed by atoms with van der Waals surface area (Å²) in [5, 5.41) is 12.0. The third-order valence-electron chi connectivity index (χ3n) is 9.77. The first-order valence-electron chi connectivity index (χ1n) is 11.2. The molecule has 4 rings (SSSR count). The second-order valence-electron chi connectivity index (χ2n) is 10.6. The molecular weight excluding hydrogens is 372 g/mol. The second kappa shape index (κ2) is 6.80. The third kappa shape index (κ3) is 2.96.